The minimum atomic E-state index is -1.12. The van der Waals surface area contributed by atoms with E-state index in [0.29, 0.717) is 54.8 Å². The van der Waals surface area contributed by atoms with E-state index < -0.39 is 11.1 Å². The van der Waals surface area contributed by atoms with Crippen LogP contribution >= 0.6 is 0 Å². The fourth-order valence-electron chi connectivity index (χ4n) is 6.17. The molecule has 37 heavy (non-hydrogen) atoms. The number of hydrogen-bond donors (Lipinski definition) is 0. The number of halogens is 1. The first-order chi connectivity index (χ1) is 17.9. The summed E-state index contributed by atoms with van der Waals surface area (Å²) in [4.78, 5) is 24.4. The molecule has 5 aliphatic carbocycles. The lowest BCUT2D eigenvalue weighted by Gasteiger charge is -2.65. The molecule has 0 saturated heterocycles. The summed E-state index contributed by atoms with van der Waals surface area (Å²) in [6.07, 6.45) is 13.0. The number of alkyl halides is 1. The van der Waals surface area contributed by atoms with Crippen LogP contribution in [0.25, 0.3) is 11.5 Å². The van der Waals surface area contributed by atoms with Crippen molar-refractivity contribution in [3.63, 3.8) is 0 Å². The van der Waals surface area contributed by atoms with Gasteiger partial charge in [0.15, 0.2) is 5.82 Å². The SMILES string of the molecule is Cn1nc(C2CC2)cc1CCCCCN(C(=O)C12CC(F)(C1)C2)c1cncc(-c2nc(C3CC3)no2)c1. The molecule has 9 heteroatoms. The Bertz CT molecular complexity index is 1320. The summed E-state index contributed by atoms with van der Waals surface area (Å²) in [6.45, 7) is 0.584. The Labute approximate surface area is 215 Å². The van der Waals surface area contributed by atoms with Gasteiger partial charge in [0.1, 0.15) is 5.67 Å². The highest BCUT2D eigenvalue weighted by molar-refractivity contribution is 6.00. The van der Waals surface area contributed by atoms with Crippen LogP contribution in [0.3, 0.4) is 0 Å². The van der Waals surface area contributed by atoms with Crippen LogP contribution in [0, 0.1) is 5.41 Å². The highest BCUT2D eigenvalue weighted by atomic mass is 19.1. The Morgan fingerprint density at radius 3 is 2.62 bits per heavy atom. The summed E-state index contributed by atoms with van der Waals surface area (Å²) >= 11 is 0. The van der Waals surface area contributed by atoms with E-state index in [4.69, 9.17) is 4.52 Å². The van der Waals surface area contributed by atoms with Gasteiger partial charge in [0.25, 0.3) is 5.89 Å². The number of aromatic nitrogens is 5. The molecule has 2 bridgehead atoms. The highest BCUT2D eigenvalue weighted by Crippen LogP contribution is 2.70. The summed E-state index contributed by atoms with van der Waals surface area (Å²) in [5.41, 5.74) is 2.27. The summed E-state index contributed by atoms with van der Waals surface area (Å²) < 4.78 is 21.8. The maximum absolute atomic E-state index is 14.3. The molecule has 0 aliphatic heterocycles. The number of carbonyl (C=O) groups excluding carboxylic acids is 1. The number of nitrogens with zero attached hydrogens (tertiary/aromatic N) is 6. The molecule has 8 rings (SSSR count). The molecule has 5 fully saturated rings. The van der Waals surface area contributed by atoms with E-state index in [1.165, 1.54) is 24.2 Å². The van der Waals surface area contributed by atoms with Crippen LogP contribution in [0.5, 0.6) is 0 Å². The number of rotatable bonds is 11. The number of pyridine rings is 1. The number of carbonyl (C=O) groups is 1. The molecule has 0 aromatic carbocycles. The average Bonchev–Trinajstić information content (AvgIpc) is 3.80. The largest absolute Gasteiger partial charge is 0.334 e. The van der Waals surface area contributed by atoms with Gasteiger partial charge in [0.2, 0.25) is 5.91 Å². The summed E-state index contributed by atoms with van der Waals surface area (Å²) in [7, 11) is 2.03. The van der Waals surface area contributed by atoms with Crippen LogP contribution in [0.4, 0.5) is 10.1 Å². The second-order valence-electron chi connectivity index (χ2n) is 11.9. The summed E-state index contributed by atoms with van der Waals surface area (Å²) in [5.74, 6) is 2.26. The van der Waals surface area contributed by atoms with Gasteiger partial charge >= 0.3 is 0 Å². The first-order valence-electron chi connectivity index (χ1n) is 13.7. The van der Waals surface area contributed by atoms with Crippen LogP contribution in [-0.4, -0.2) is 43.0 Å². The Morgan fingerprint density at radius 2 is 1.89 bits per heavy atom. The van der Waals surface area contributed by atoms with E-state index in [1.807, 2.05) is 22.7 Å². The molecular formula is C28H33FN6O2. The standard InChI is InChI=1S/C28H33FN6O2/c1-34-21(12-23(32-34)18-6-7-18)5-3-2-4-10-35(26(36)27-15-28(29,16-27)17-27)22-11-20(13-30-14-22)25-31-24(33-37-25)19-8-9-19/h11-14,18-19H,2-10,15-17H2,1H3. The second-order valence-corrected chi connectivity index (χ2v) is 11.9. The van der Waals surface area contributed by atoms with E-state index in [-0.39, 0.29) is 5.91 Å². The number of hydrogen-bond acceptors (Lipinski definition) is 6. The van der Waals surface area contributed by atoms with E-state index in [1.54, 1.807) is 12.4 Å². The number of aryl methyl sites for hydroxylation is 2. The number of amides is 1. The van der Waals surface area contributed by atoms with E-state index in [2.05, 4.69) is 26.3 Å². The van der Waals surface area contributed by atoms with Crippen molar-refractivity contribution in [1.82, 2.24) is 24.9 Å². The third-order valence-electron chi connectivity index (χ3n) is 8.64. The molecule has 1 amide bonds. The monoisotopic (exact) mass is 504 g/mol. The number of unbranched alkanes of at least 4 members (excludes halogenated alkanes) is 2. The molecule has 3 aromatic rings. The number of anilines is 1. The van der Waals surface area contributed by atoms with Crippen LogP contribution in [0.1, 0.15) is 93.3 Å². The Kier molecular flexibility index (Phi) is 5.27. The van der Waals surface area contributed by atoms with Crippen molar-refractivity contribution in [2.45, 2.75) is 88.1 Å². The zero-order chi connectivity index (χ0) is 25.2. The smallest absolute Gasteiger partial charge is 0.259 e. The van der Waals surface area contributed by atoms with Crippen LogP contribution < -0.4 is 4.90 Å². The lowest BCUT2D eigenvalue weighted by Crippen LogP contribution is -2.70. The van der Waals surface area contributed by atoms with Crippen LogP contribution in [-0.2, 0) is 18.3 Å². The van der Waals surface area contributed by atoms with Crippen molar-refractivity contribution < 1.29 is 13.7 Å². The van der Waals surface area contributed by atoms with E-state index in [9.17, 15) is 9.18 Å². The molecule has 0 radical (unpaired) electrons. The summed E-state index contributed by atoms with van der Waals surface area (Å²) in [6, 6.07) is 4.16. The van der Waals surface area contributed by atoms with Gasteiger partial charge in [-0.15, -0.1) is 0 Å². The molecule has 3 aromatic heterocycles. The lowest BCUT2D eigenvalue weighted by molar-refractivity contribution is -0.211. The molecule has 0 N–H and O–H groups in total. The fraction of sp³-hybridized carbons (Fsp3) is 0.607. The third kappa shape index (κ3) is 4.26. The van der Waals surface area contributed by atoms with Crippen molar-refractivity contribution >= 4 is 11.6 Å². The van der Waals surface area contributed by atoms with Gasteiger partial charge in [-0.2, -0.15) is 10.1 Å². The fourth-order valence-corrected chi connectivity index (χ4v) is 6.17. The molecule has 0 spiro atoms. The highest BCUT2D eigenvalue weighted by Gasteiger charge is 2.73. The topological polar surface area (TPSA) is 89.9 Å². The predicted octanol–water partition coefficient (Wildman–Crippen LogP) is 5.26. The maximum Gasteiger partial charge on any atom is 0.259 e. The first kappa shape index (κ1) is 23.0. The Hall–Kier alpha value is -3.10. The van der Waals surface area contributed by atoms with Crippen molar-refractivity contribution in [3.05, 3.63) is 41.7 Å². The maximum atomic E-state index is 14.3. The van der Waals surface area contributed by atoms with E-state index in [0.717, 1.165) is 44.3 Å². The van der Waals surface area contributed by atoms with Gasteiger partial charge in [0.05, 0.1) is 28.6 Å². The van der Waals surface area contributed by atoms with Crippen LogP contribution in [0.15, 0.2) is 29.0 Å². The van der Waals surface area contributed by atoms with Gasteiger partial charge in [-0.3, -0.25) is 14.5 Å². The van der Waals surface area contributed by atoms with Gasteiger partial charge in [-0.05, 0) is 76.3 Å². The van der Waals surface area contributed by atoms with Crippen LogP contribution in [0.2, 0.25) is 0 Å². The van der Waals surface area contributed by atoms with Gasteiger partial charge in [0, 0.05) is 37.3 Å². The normalized spacial score (nSPS) is 26.0. The average molecular weight is 505 g/mol. The van der Waals surface area contributed by atoms with Gasteiger partial charge in [-0.25, -0.2) is 4.39 Å². The minimum Gasteiger partial charge on any atom is -0.334 e. The molecule has 8 nitrogen and oxygen atoms in total. The Morgan fingerprint density at radius 1 is 1.11 bits per heavy atom. The van der Waals surface area contributed by atoms with Crippen molar-refractivity contribution in [2.75, 3.05) is 11.4 Å². The summed E-state index contributed by atoms with van der Waals surface area (Å²) in [5, 5.41) is 8.79. The van der Waals surface area contributed by atoms with Gasteiger partial charge in [-0.1, -0.05) is 11.6 Å². The quantitative estimate of drug-likeness (QED) is 0.331. The Balaban J connectivity index is 1.03. The minimum absolute atomic E-state index is 0.0240. The molecule has 194 valence electrons. The molecule has 5 saturated carbocycles. The van der Waals surface area contributed by atoms with Crippen molar-refractivity contribution in [1.29, 1.82) is 0 Å². The molecular weight excluding hydrogens is 471 g/mol. The zero-order valence-electron chi connectivity index (χ0n) is 21.3. The molecule has 5 aliphatic rings. The lowest BCUT2D eigenvalue weighted by atomic mass is 9.42. The van der Waals surface area contributed by atoms with Crippen molar-refractivity contribution in [3.8, 4) is 11.5 Å². The molecule has 0 atom stereocenters. The van der Waals surface area contributed by atoms with Gasteiger partial charge < -0.3 is 9.42 Å². The molecule has 3 heterocycles. The first-order valence-corrected chi connectivity index (χ1v) is 13.7. The zero-order valence-corrected chi connectivity index (χ0v) is 21.3. The second kappa shape index (κ2) is 8.46. The third-order valence-corrected chi connectivity index (χ3v) is 8.64. The molecule has 0 unspecified atom stereocenters. The van der Waals surface area contributed by atoms with E-state index >= 15 is 0 Å². The van der Waals surface area contributed by atoms with Crippen molar-refractivity contribution in [2.24, 2.45) is 12.5 Å². The predicted molar refractivity (Wildman–Crippen MR) is 135 cm³/mol.